The average Bonchev–Trinajstić information content (AvgIpc) is 2.82. The van der Waals surface area contributed by atoms with Gasteiger partial charge in [-0.3, -0.25) is 0 Å². The van der Waals surface area contributed by atoms with Gasteiger partial charge in [0, 0.05) is 6.04 Å². The van der Waals surface area contributed by atoms with Crippen molar-refractivity contribution in [2.75, 3.05) is 11.9 Å². The molecule has 1 aliphatic rings. The zero-order chi connectivity index (χ0) is 13.9. The molecule has 0 aliphatic heterocycles. The van der Waals surface area contributed by atoms with Crippen molar-refractivity contribution in [2.24, 2.45) is 0 Å². The summed E-state index contributed by atoms with van der Waals surface area (Å²) in [6, 6.07) is 4.86. The van der Waals surface area contributed by atoms with Gasteiger partial charge in [0.2, 0.25) is 0 Å². The maximum Gasteiger partial charge on any atom is 0.184 e. The van der Waals surface area contributed by atoms with E-state index in [0.717, 1.165) is 22.0 Å². The minimum atomic E-state index is 0.608. The van der Waals surface area contributed by atoms with Gasteiger partial charge in [0.05, 0.1) is 16.8 Å². The number of benzene rings is 1. The van der Waals surface area contributed by atoms with E-state index in [4.69, 9.17) is 9.72 Å². The molecule has 1 aromatic heterocycles. The minimum Gasteiger partial charge on any atom is -0.494 e. The van der Waals surface area contributed by atoms with Crippen LogP contribution in [0.5, 0.6) is 5.75 Å². The van der Waals surface area contributed by atoms with Gasteiger partial charge in [0.25, 0.3) is 0 Å². The van der Waals surface area contributed by atoms with Crippen molar-refractivity contribution >= 4 is 26.7 Å². The molecule has 0 saturated heterocycles. The molecule has 1 fully saturated rings. The maximum absolute atomic E-state index is 5.66. The molecule has 3 nitrogen and oxygen atoms in total. The number of fused-ring (bicyclic) bond motifs is 1. The second-order valence-corrected chi connectivity index (χ2v) is 6.55. The Kier molecular flexibility index (Phi) is 4.10. The van der Waals surface area contributed by atoms with Crippen molar-refractivity contribution in [2.45, 2.75) is 52.0 Å². The number of hydrogen-bond acceptors (Lipinski definition) is 4. The van der Waals surface area contributed by atoms with Crippen LogP contribution >= 0.6 is 11.3 Å². The first-order chi connectivity index (χ1) is 9.76. The molecule has 0 unspecified atom stereocenters. The van der Waals surface area contributed by atoms with Crippen LogP contribution in [0.15, 0.2) is 12.1 Å². The zero-order valence-corrected chi connectivity index (χ0v) is 13.1. The summed E-state index contributed by atoms with van der Waals surface area (Å²) in [7, 11) is 0. The van der Waals surface area contributed by atoms with E-state index in [2.05, 4.69) is 24.4 Å². The summed E-state index contributed by atoms with van der Waals surface area (Å²) < 4.78 is 6.87. The second-order valence-electron chi connectivity index (χ2n) is 5.52. The number of aryl methyl sites for hydroxylation is 1. The van der Waals surface area contributed by atoms with Crippen molar-refractivity contribution in [1.82, 2.24) is 4.98 Å². The van der Waals surface area contributed by atoms with E-state index in [1.54, 1.807) is 11.3 Å². The molecule has 0 amide bonds. The summed E-state index contributed by atoms with van der Waals surface area (Å²) >= 11 is 1.74. The number of nitrogens with one attached hydrogen (secondary N) is 1. The Bertz CT molecular complexity index is 587. The van der Waals surface area contributed by atoms with E-state index >= 15 is 0 Å². The summed E-state index contributed by atoms with van der Waals surface area (Å²) in [6.07, 6.45) is 6.62. The number of rotatable bonds is 4. The highest BCUT2D eigenvalue weighted by molar-refractivity contribution is 7.22. The fourth-order valence-corrected chi connectivity index (χ4v) is 3.81. The predicted octanol–water partition coefficient (Wildman–Crippen LogP) is 4.75. The molecule has 1 aliphatic carbocycles. The van der Waals surface area contributed by atoms with E-state index in [9.17, 15) is 0 Å². The van der Waals surface area contributed by atoms with Crippen LogP contribution in [0, 0.1) is 6.92 Å². The van der Waals surface area contributed by atoms with Crippen LogP contribution < -0.4 is 10.1 Å². The lowest BCUT2D eigenvalue weighted by molar-refractivity contribution is 0.338. The Hall–Kier alpha value is -1.29. The lowest BCUT2D eigenvalue weighted by atomic mass is 9.96. The summed E-state index contributed by atoms with van der Waals surface area (Å²) in [5.74, 6) is 0.980. The van der Waals surface area contributed by atoms with Crippen LogP contribution in [-0.4, -0.2) is 17.6 Å². The summed E-state index contributed by atoms with van der Waals surface area (Å²) in [4.78, 5) is 4.72. The molecule has 20 heavy (non-hydrogen) atoms. The number of thiazole rings is 1. The van der Waals surface area contributed by atoms with E-state index in [0.29, 0.717) is 12.6 Å². The first kappa shape index (κ1) is 13.7. The maximum atomic E-state index is 5.66. The van der Waals surface area contributed by atoms with E-state index < -0.39 is 0 Å². The van der Waals surface area contributed by atoms with E-state index in [-0.39, 0.29) is 0 Å². The largest absolute Gasteiger partial charge is 0.494 e. The van der Waals surface area contributed by atoms with Crippen LogP contribution in [0.3, 0.4) is 0 Å². The van der Waals surface area contributed by atoms with Gasteiger partial charge in [0.15, 0.2) is 5.13 Å². The van der Waals surface area contributed by atoms with Gasteiger partial charge in [-0.05, 0) is 44.4 Å². The first-order valence-corrected chi connectivity index (χ1v) is 8.38. The van der Waals surface area contributed by atoms with Gasteiger partial charge in [-0.25, -0.2) is 4.98 Å². The standard InChI is InChI=1S/C16H22N2OS/c1-3-19-14-10-15-13(9-11(14)2)18-16(20-15)17-12-7-5-4-6-8-12/h9-10,12H,3-8H2,1-2H3,(H,17,18). The lowest BCUT2D eigenvalue weighted by Crippen LogP contribution is -2.21. The Labute approximate surface area is 124 Å². The third-order valence-electron chi connectivity index (χ3n) is 3.92. The third-order valence-corrected chi connectivity index (χ3v) is 4.87. The average molecular weight is 290 g/mol. The smallest absolute Gasteiger partial charge is 0.184 e. The van der Waals surface area contributed by atoms with Gasteiger partial charge < -0.3 is 10.1 Å². The molecule has 0 atom stereocenters. The van der Waals surface area contributed by atoms with Crippen molar-refractivity contribution in [1.29, 1.82) is 0 Å². The molecule has 1 aromatic carbocycles. The van der Waals surface area contributed by atoms with Crippen LogP contribution in [-0.2, 0) is 0 Å². The zero-order valence-electron chi connectivity index (χ0n) is 12.2. The highest BCUT2D eigenvalue weighted by Gasteiger charge is 2.15. The van der Waals surface area contributed by atoms with Crippen molar-refractivity contribution in [3.63, 3.8) is 0 Å². The highest BCUT2D eigenvalue weighted by atomic mass is 32.1. The number of hydrogen-bond donors (Lipinski definition) is 1. The third kappa shape index (κ3) is 2.90. The molecule has 0 radical (unpaired) electrons. The normalized spacial score (nSPS) is 16.5. The quantitative estimate of drug-likeness (QED) is 0.882. The van der Waals surface area contributed by atoms with Crippen molar-refractivity contribution in [3.8, 4) is 5.75 Å². The highest BCUT2D eigenvalue weighted by Crippen LogP contribution is 2.33. The topological polar surface area (TPSA) is 34.1 Å². The summed E-state index contributed by atoms with van der Waals surface area (Å²) in [5.41, 5.74) is 2.24. The van der Waals surface area contributed by atoms with Gasteiger partial charge >= 0.3 is 0 Å². The first-order valence-electron chi connectivity index (χ1n) is 7.57. The monoisotopic (exact) mass is 290 g/mol. The number of nitrogens with zero attached hydrogens (tertiary/aromatic N) is 1. The fraction of sp³-hybridized carbons (Fsp3) is 0.562. The Morgan fingerprint density at radius 3 is 2.85 bits per heavy atom. The molecule has 1 saturated carbocycles. The molecule has 2 aromatic rings. The Balaban J connectivity index is 1.82. The van der Waals surface area contributed by atoms with Gasteiger partial charge in [-0.1, -0.05) is 30.6 Å². The van der Waals surface area contributed by atoms with Gasteiger partial charge in [0.1, 0.15) is 5.75 Å². The minimum absolute atomic E-state index is 0.608. The van der Waals surface area contributed by atoms with Crippen molar-refractivity contribution in [3.05, 3.63) is 17.7 Å². The number of aromatic nitrogens is 1. The van der Waals surface area contributed by atoms with Crippen molar-refractivity contribution < 1.29 is 4.74 Å². The van der Waals surface area contributed by atoms with E-state index in [1.165, 1.54) is 36.8 Å². The summed E-state index contributed by atoms with van der Waals surface area (Å²) in [5, 5.41) is 4.66. The van der Waals surface area contributed by atoms with Crippen LogP contribution in [0.25, 0.3) is 10.2 Å². The molecule has 4 heteroatoms. The van der Waals surface area contributed by atoms with Gasteiger partial charge in [-0.15, -0.1) is 0 Å². The second kappa shape index (κ2) is 6.00. The molecule has 0 spiro atoms. The van der Waals surface area contributed by atoms with E-state index in [1.807, 2.05) is 6.92 Å². The molecular formula is C16H22N2OS. The predicted molar refractivity (Wildman–Crippen MR) is 86.0 cm³/mol. The summed E-state index contributed by atoms with van der Waals surface area (Å²) in [6.45, 7) is 4.81. The molecule has 3 rings (SSSR count). The van der Waals surface area contributed by atoms with Crippen LogP contribution in [0.4, 0.5) is 5.13 Å². The lowest BCUT2D eigenvalue weighted by Gasteiger charge is -2.22. The fourth-order valence-electron chi connectivity index (χ4n) is 2.85. The van der Waals surface area contributed by atoms with Crippen LogP contribution in [0.1, 0.15) is 44.6 Å². The Morgan fingerprint density at radius 2 is 2.10 bits per heavy atom. The van der Waals surface area contributed by atoms with Crippen LogP contribution in [0.2, 0.25) is 0 Å². The number of anilines is 1. The molecule has 1 heterocycles. The SMILES string of the molecule is CCOc1cc2sc(NC3CCCCC3)nc2cc1C. The molecule has 108 valence electrons. The Morgan fingerprint density at radius 1 is 1.30 bits per heavy atom. The van der Waals surface area contributed by atoms with Gasteiger partial charge in [-0.2, -0.15) is 0 Å². The molecule has 0 bridgehead atoms. The molecule has 1 N–H and O–H groups in total. The molecular weight excluding hydrogens is 268 g/mol. The number of ether oxygens (including phenoxy) is 1.